The molecule has 0 amide bonds. The van der Waals surface area contributed by atoms with E-state index < -0.39 is 0 Å². The predicted molar refractivity (Wildman–Crippen MR) is 109 cm³/mol. The van der Waals surface area contributed by atoms with Crippen molar-refractivity contribution in [2.75, 3.05) is 39.9 Å². The van der Waals surface area contributed by atoms with E-state index in [1.54, 1.807) is 0 Å². The van der Waals surface area contributed by atoms with Crippen LogP contribution in [-0.4, -0.2) is 56.8 Å². The van der Waals surface area contributed by atoms with Crippen molar-refractivity contribution >= 4 is 29.9 Å². The molecule has 1 saturated carbocycles. The molecule has 134 valence electrons. The maximum Gasteiger partial charge on any atom is 0.191 e. The molecule has 24 heavy (non-hydrogen) atoms. The molecule has 1 aromatic rings. The zero-order valence-corrected chi connectivity index (χ0v) is 16.9. The minimum Gasteiger partial charge on any atom is -0.379 e. The molecule has 5 nitrogen and oxygen atoms in total. The summed E-state index contributed by atoms with van der Waals surface area (Å²) >= 11 is 0. The molecule has 0 radical (unpaired) electrons. The fraction of sp³-hybridized carbons (Fsp3) is 0.611. The average Bonchev–Trinajstić information content (AvgIpc) is 3.30. The molecule has 1 saturated heterocycles. The van der Waals surface area contributed by atoms with Gasteiger partial charge in [-0.15, -0.1) is 24.0 Å². The molecular formula is C18H29IN4O. The number of benzene rings is 1. The molecule has 2 fully saturated rings. The number of nitrogens with one attached hydrogen (secondary N) is 2. The summed E-state index contributed by atoms with van der Waals surface area (Å²) in [6.07, 6.45) is 1.24. The van der Waals surface area contributed by atoms with Crippen LogP contribution in [0.25, 0.3) is 0 Å². The minimum absolute atomic E-state index is 0. The highest BCUT2D eigenvalue weighted by Crippen LogP contribution is 2.28. The van der Waals surface area contributed by atoms with Crippen molar-refractivity contribution < 1.29 is 4.74 Å². The van der Waals surface area contributed by atoms with Crippen molar-refractivity contribution in [1.29, 1.82) is 0 Å². The van der Waals surface area contributed by atoms with E-state index in [0.29, 0.717) is 12.1 Å². The van der Waals surface area contributed by atoms with E-state index in [-0.39, 0.29) is 24.0 Å². The fourth-order valence-electron chi connectivity index (χ4n) is 3.11. The van der Waals surface area contributed by atoms with Gasteiger partial charge >= 0.3 is 0 Å². The third-order valence-electron chi connectivity index (χ3n) is 4.79. The lowest BCUT2D eigenvalue weighted by Gasteiger charge is -2.35. The van der Waals surface area contributed by atoms with E-state index in [4.69, 9.17) is 4.74 Å². The van der Waals surface area contributed by atoms with Gasteiger partial charge in [-0.2, -0.15) is 0 Å². The number of guanidine groups is 1. The summed E-state index contributed by atoms with van der Waals surface area (Å²) < 4.78 is 5.51. The van der Waals surface area contributed by atoms with Crippen molar-refractivity contribution in [3.8, 4) is 0 Å². The fourth-order valence-corrected chi connectivity index (χ4v) is 3.11. The highest BCUT2D eigenvalue weighted by Gasteiger charge is 2.33. The van der Waals surface area contributed by atoms with Gasteiger partial charge in [0, 0.05) is 32.7 Å². The van der Waals surface area contributed by atoms with Gasteiger partial charge < -0.3 is 15.4 Å². The molecular weight excluding hydrogens is 415 g/mol. The van der Waals surface area contributed by atoms with E-state index in [9.17, 15) is 0 Å². The molecule has 3 unspecified atom stereocenters. The summed E-state index contributed by atoms with van der Waals surface area (Å²) in [5.74, 6) is 1.67. The highest BCUT2D eigenvalue weighted by atomic mass is 127. The number of hydrogen-bond acceptors (Lipinski definition) is 3. The van der Waals surface area contributed by atoms with Crippen LogP contribution in [0, 0.1) is 5.92 Å². The van der Waals surface area contributed by atoms with Crippen LogP contribution in [-0.2, 0) is 4.74 Å². The summed E-state index contributed by atoms with van der Waals surface area (Å²) in [6, 6.07) is 11.6. The number of ether oxygens (including phenoxy) is 1. The van der Waals surface area contributed by atoms with Crippen LogP contribution >= 0.6 is 24.0 Å². The van der Waals surface area contributed by atoms with Gasteiger partial charge in [0.15, 0.2) is 5.96 Å². The first kappa shape index (κ1) is 19.5. The summed E-state index contributed by atoms with van der Waals surface area (Å²) in [5.41, 5.74) is 1.34. The SMILES string of the molecule is CN=C(NCC(c1ccccc1)N1CCOCC1)NC1CC1C.I. The molecule has 2 N–H and O–H groups in total. The van der Waals surface area contributed by atoms with E-state index >= 15 is 0 Å². The Balaban J connectivity index is 0.00000208. The van der Waals surface area contributed by atoms with Crippen LogP contribution in [0.2, 0.25) is 0 Å². The number of halogens is 1. The Morgan fingerprint density at radius 1 is 1.29 bits per heavy atom. The quantitative estimate of drug-likeness (QED) is 0.416. The number of aliphatic imine (C=N–C) groups is 1. The third kappa shape index (κ3) is 5.32. The molecule has 2 aliphatic rings. The molecule has 6 heteroatoms. The molecule has 3 atom stereocenters. The zero-order chi connectivity index (χ0) is 16.1. The van der Waals surface area contributed by atoms with Crippen molar-refractivity contribution in [3.63, 3.8) is 0 Å². The normalized spacial score (nSPS) is 25.5. The van der Waals surface area contributed by atoms with Gasteiger partial charge in [0.2, 0.25) is 0 Å². The Kier molecular flexibility index (Phi) is 7.77. The molecule has 1 aliphatic heterocycles. The standard InChI is InChI=1S/C18H28N4O.HI/c1-14-12-16(14)21-18(19-2)20-13-17(15-6-4-3-5-7-15)22-8-10-23-11-9-22;/h3-7,14,16-17H,8-13H2,1-2H3,(H2,19,20,21);1H. The van der Waals surface area contributed by atoms with Crippen LogP contribution in [0.15, 0.2) is 35.3 Å². The van der Waals surface area contributed by atoms with Gasteiger partial charge in [0.05, 0.1) is 19.3 Å². The smallest absolute Gasteiger partial charge is 0.191 e. The van der Waals surface area contributed by atoms with Crippen LogP contribution < -0.4 is 10.6 Å². The second-order valence-corrected chi connectivity index (χ2v) is 6.49. The van der Waals surface area contributed by atoms with Gasteiger partial charge in [-0.3, -0.25) is 9.89 Å². The minimum atomic E-state index is 0. The Bertz CT molecular complexity index is 519. The number of nitrogens with zero attached hydrogens (tertiary/aromatic N) is 2. The van der Waals surface area contributed by atoms with Crippen LogP contribution in [0.3, 0.4) is 0 Å². The lowest BCUT2D eigenvalue weighted by atomic mass is 10.0. The van der Waals surface area contributed by atoms with Crippen LogP contribution in [0.4, 0.5) is 0 Å². The lowest BCUT2D eigenvalue weighted by Crippen LogP contribution is -2.46. The topological polar surface area (TPSA) is 48.9 Å². The highest BCUT2D eigenvalue weighted by molar-refractivity contribution is 14.0. The van der Waals surface area contributed by atoms with E-state index in [1.807, 2.05) is 7.05 Å². The van der Waals surface area contributed by atoms with Crippen molar-refractivity contribution in [2.24, 2.45) is 10.9 Å². The third-order valence-corrected chi connectivity index (χ3v) is 4.79. The maximum absolute atomic E-state index is 5.51. The van der Waals surface area contributed by atoms with E-state index in [1.165, 1.54) is 12.0 Å². The summed E-state index contributed by atoms with van der Waals surface area (Å²) in [7, 11) is 1.84. The summed E-state index contributed by atoms with van der Waals surface area (Å²) in [4.78, 5) is 6.86. The van der Waals surface area contributed by atoms with Gasteiger partial charge in [-0.25, -0.2) is 0 Å². The van der Waals surface area contributed by atoms with E-state index in [0.717, 1.165) is 44.7 Å². The summed E-state index contributed by atoms with van der Waals surface area (Å²) in [6.45, 7) is 6.71. The van der Waals surface area contributed by atoms with Crippen LogP contribution in [0.1, 0.15) is 24.9 Å². The monoisotopic (exact) mass is 444 g/mol. The molecule has 1 heterocycles. The molecule has 0 aromatic heterocycles. The molecule has 3 rings (SSSR count). The molecule has 0 spiro atoms. The van der Waals surface area contributed by atoms with Gasteiger partial charge in [-0.1, -0.05) is 37.3 Å². The van der Waals surface area contributed by atoms with E-state index in [2.05, 4.69) is 57.8 Å². The molecule has 1 aromatic carbocycles. The maximum atomic E-state index is 5.51. The largest absolute Gasteiger partial charge is 0.379 e. The molecule has 1 aliphatic carbocycles. The first-order valence-electron chi connectivity index (χ1n) is 8.62. The first-order chi connectivity index (χ1) is 11.3. The Morgan fingerprint density at radius 3 is 2.54 bits per heavy atom. The van der Waals surface area contributed by atoms with Gasteiger partial charge in [0.25, 0.3) is 0 Å². The Hall–Kier alpha value is -0.860. The van der Waals surface area contributed by atoms with Crippen molar-refractivity contribution in [1.82, 2.24) is 15.5 Å². The predicted octanol–water partition coefficient (Wildman–Crippen LogP) is 2.25. The first-order valence-corrected chi connectivity index (χ1v) is 8.62. The van der Waals surface area contributed by atoms with Crippen LogP contribution in [0.5, 0.6) is 0 Å². The van der Waals surface area contributed by atoms with Gasteiger partial charge in [0.1, 0.15) is 0 Å². The summed E-state index contributed by atoms with van der Waals surface area (Å²) in [5, 5.41) is 7.01. The molecule has 0 bridgehead atoms. The Morgan fingerprint density at radius 2 is 1.96 bits per heavy atom. The zero-order valence-electron chi connectivity index (χ0n) is 14.6. The van der Waals surface area contributed by atoms with Crippen molar-refractivity contribution in [2.45, 2.75) is 25.4 Å². The van der Waals surface area contributed by atoms with Gasteiger partial charge in [-0.05, 0) is 17.9 Å². The number of morpholine rings is 1. The van der Waals surface area contributed by atoms with Crippen molar-refractivity contribution in [3.05, 3.63) is 35.9 Å². The average molecular weight is 444 g/mol. The second kappa shape index (κ2) is 9.58. The Labute approximate surface area is 162 Å². The number of rotatable bonds is 5. The lowest BCUT2D eigenvalue weighted by molar-refractivity contribution is 0.0170. The second-order valence-electron chi connectivity index (χ2n) is 6.49. The number of hydrogen-bond donors (Lipinski definition) is 2.